The first-order valence-electron chi connectivity index (χ1n) is 6.74. The van der Waals surface area contributed by atoms with E-state index in [9.17, 15) is 13.6 Å². The van der Waals surface area contributed by atoms with Crippen molar-refractivity contribution in [2.24, 2.45) is 5.92 Å². The van der Waals surface area contributed by atoms with Crippen molar-refractivity contribution in [3.05, 3.63) is 35.4 Å². The van der Waals surface area contributed by atoms with Crippen molar-refractivity contribution in [2.75, 3.05) is 7.05 Å². The van der Waals surface area contributed by atoms with Crippen LogP contribution in [-0.2, 0) is 11.3 Å². The van der Waals surface area contributed by atoms with Gasteiger partial charge in [-0.2, -0.15) is 0 Å². The van der Waals surface area contributed by atoms with Crippen LogP contribution in [0.4, 0.5) is 8.78 Å². The van der Waals surface area contributed by atoms with Crippen LogP contribution in [0.3, 0.4) is 0 Å². The van der Waals surface area contributed by atoms with Crippen molar-refractivity contribution in [3.63, 3.8) is 0 Å². The number of hydrogen-bond acceptors (Lipinski definition) is 1. The van der Waals surface area contributed by atoms with Gasteiger partial charge in [0.15, 0.2) is 0 Å². The molecule has 0 unspecified atom stereocenters. The SMILES string of the molecule is CN(Cc1ccc(F)cc1F)C(=O)CC1CCCC1. The first-order valence-corrected chi connectivity index (χ1v) is 6.74. The minimum Gasteiger partial charge on any atom is -0.341 e. The first-order chi connectivity index (χ1) is 9.06. The molecule has 0 aromatic heterocycles. The molecule has 1 aliphatic carbocycles. The van der Waals surface area contributed by atoms with Crippen LogP contribution in [0.5, 0.6) is 0 Å². The second kappa shape index (κ2) is 6.13. The van der Waals surface area contributed by atoms with E-state index in [1.54, 1.807) is 7.05 Å². The molecule has 104 valence electrons. The third-order valence-corrected chi connectivity index (χ3v) is 3.79. The zero-order valence-electron chi connectivity index (χ0n) is 11.2. The summed E-state index contributed by atoms with van der Waals surface area (Å²) >= 11 is 0. The lowest BCUT2D eigenvalue weighted by Gasteiger charge is -2.19. The summed E-state index contributed by atoms with van der Waals surface area (Å²) in [7, 11) is 1.67. The highest BCUT2D eigenvalue weighted by molar-refractivity contribution is 5.76. The van der Waals surface area contributed by atoms with Gasteiger partial charge in [-0.1, -0.05) is 18.9 Å². The Labute approximate surface area is 112 Å². The standard InChI is InChI=1S/C15H19F2NO/c1-18(15(19)8-11-4-2-3-5-11)10-12-6-7-13(16)9-14(12)17/h6-7,9,11H,2-5,8,10H2,1H3. The number of rotatable bonds is 4. The largest absolute Gasteiger partial charge is 0.341 e. The van der Waals surface area contributed by atoms with Gasteiger partial charge in [-0.3, -0.25) is 4.79 Å². The molecule has 0 atom stereocenters. The van der Waals surface area contributed by atoms with E-state index in [-0.39, 0.29) is 12.5 Å². The van der Waals surface area contributed by atoms with Gasteiger partial charge in [-0.15, -0.1) is 0 Å². The molecule has 2 rings (SSSR count). The molecule has 1 saturated carbocycles. The van der Waals surface area contributed by atoms with Crippen LogP contribution in [0.1, 0.15) is 37.7 Å². The van der Waals surface area contributed by atoms with Gasteiger partial charge in [0.05, 0.1) is 0 Å². The molecule has 1 aliphatic rings. The van der Waals surface area contributed by atoms with E-state index in [2.05, 4.69) is 0 Å². The summed E-state index contributed by atoms with van der Waals surface area (Å²) in [4.78, 5) is 13.5. The lowest BCUT2D eigenvalue weighted by atomic mass is 10.0. The fourth-order valence-electron chi connectivity index (χ4n) is 2.61. The van der Waals surface area contributed by atoms with Crippen molar-refractivity contribution in [1.29, 1.82) is 0 Å². The Kier molecular flexibility index (Phi) is 4.51. The van der Waals surface area contributed by atoms with Crippen LogP contribution >= 0.6 is 0 Å². The highest BCUT2D eigenvalue weighted by Gasteiger charge is 2.21. The van der Waals surface area contributed by atoms with Gasteiger partial charge in [0.1, 0.15) is 11.6 Å². The molecule has 1 amide bonds. The van der Waals surface area contributed by atoms with Gasteiger partial charge in [0.25, 0.3) is 0 Å². The molecule has 1 fully saturated rings. The molecule has 19 heavy (non-hydrogen) atoms. The Morgan fingerprint density at radius 2 is 2.00 bits per heavy atom. The van der Waals surface area contributed by atoms with E-state index < -0.39 is 11.6 Å². The minimum absolute atomic E-state index is 0.0376. The molecule has 0 aliphatic heterocycles. The number of carbonyl (C=O) groups excluding carboxylic acids is 1. The van der Waals surface area contributed by atoms with Crippen molar-refractivity contribution in [3.8, 4) is 0 Å². The molecule has 2 nitrogen and oxygen atoms in total. The minimum atomic E-state index is -0.597. The molecule has 0 bridgehead atoms. The summed E-state index contributed by atoms with van der Waals surface area (Å²) in [5.74, 6) is -0.676. The van der Waals surface area contributed by atoms with Gasteiger partial charge < -0.3 is 4.90 Å². The number of nitrogens with zero attached hydrogens (tertiary/aromatic N) is 1. The molecule has 0 N–H and O–H groups in total. The Hall–Kier alpha value is -1.45. The van der Waals surface area contributed by atoms with Crippen molar-refractivity contribution >= 4 is 5.91 Å². The van der Waals surface area contributed by atoms with Crippen LogP contribution in [0.15, 0.2) is 18.2 Å². The lowest BCUT2D eigenvalue weighted by molar-refractivity contribution is -0.131. The quantitative estimate of drug-likeness (QED) is 0.817. The third kappa shape index (κ3) is 3.75. The van der Waals surface area contributed by atoms with E-state index in [0.717, 1.165) is 18.9 Å². The fraction of sp³-hybridized carbons (Fsp3) is 0.533. The Morgan fingerprint density at radius 1 is 1.32 bits per heavy atom. The average molecular weight is 267 g/mol. The van der Waals surface area contributed by atoms with Crippen molar-refractivity contribution in [1.82, 2.24) is 4.90 Å². The number of hydrogen-bond donors (Lipinski definition) is 0. The second-order valence-electron chi connectivity index (χ2n) is 5.34. The summed E-state index contributed by atoms with van der Waals surface area (Å²) in [6.45, 7) is 0.192. The normalized spacial score (nSPS) is 15.7. The van der Waals surface area contributed by atoms with Crippen molar-refractivity contribution < 1.29 is 13.6 Å². The summed E-state index contributed by atoms with van der Waals surface area (Å²) in [6.07, 6.45) is 5.18. The number of benzene rings is 1. The van der Waals surface area contributed by atoms with Crippen LogP contribution in [0.2, 0.25) is 0 Å². The maximum Gasteiger partial charge on any atom is 0.222 e. The van der Waals surface area contributed by atoms with Gasteiger partial charge in [-0.25, -0.2) is 8.78 Å². The second-order valence-corrected chi connectivity index (χ2v) is 5.34. The molecule has 0 saturated heterocycles. The summed E-state index contributed by atoms with van der Waals surface area (Å²) in [5, 5.41) is 0. The summed E-state index contributed by atoms with van der Waals surface area (Å²) in [6, 6.07) is 3.46. The third-order valence-electron chi connectivity index (χ3n) is 3.79. The van der Waals surface area contributed by atoms with Gasteiger partial charge in [-0.05, 0) is 24.8 Å². The van der Waals surface area contributed by atoms with Crippen molar-refractivity contribution in [2.45, 2.75) is 38.6 Å². The van der Waals surface area contributed by atoms with Gasteiger partial charge in [0, 0.05) is 31.6 Å². The molecular weight excluding hydrogens is 248 g/mol. The highest BCUT2D eigenvalue weighted by Crippen LogP contribution is 2.28. The predicted molar refractivity (Wildman–Crippen MR) is 69.4 cm³/mol. The summed E-state index contributed by atoms with van der Waals surface area (Å²) in [5.41, 5.74) is 0.351. The monoisotopic (exact) mass is 267 g/mol. The van der Waals surface area contributed by atoms with Gasteiger partial charge in [0.2, 0.25) is 5.91 Å². The van der Waals surface area contributed by atoms with E-state index in [1.807, 2.05) is 0 Å². The van der Waals surface area contributed by atoms with E-state index >= 15 is 0 Å². The topological polar surface area (TPSA) is 20.3 Å². The molecule has 4 heteroatoms. The average Bonchev–Trinajstić information content (AvgIpc) is 2.85. The Balaban J connectivity index is 1.92. The molecule has 1 aromatic carbocycles. The Morgan fingerprint density at radius 3 is 2.63 bits per heavy atom. The fourth-order valence-corrected chi connectivity index (χ4v) is 2.61. The van der Waals surface area contributed by atoms with Crippen LogP contribution in [0, 0.1) is 17.6 Å². The number of halogens is 2. The highest BCUT2D eigenvalue weighted by atomic mass is 19.1. The van der Waals surface area contributed by atoms with E-state index in [4.69, 9.17) is 0 Å². The maximum absolute atomic E-state index is 13.5. The molecule has 0 heterocycles. The molecule has 1 aromatic rings. The zero-order valence-corrected chi connectivity index (χ0v) is 11.2. The molecule has 0 spiro atoms. The van der Waals surface area contributed by atoms with E-state index in [1.165, 1.54) is 29.9 Å². The molecule has 0 radical (unpaired) electrons. The zero-order chi connectivity index (χ0) is 13.8. The lowest BCUT2D eigenvalue weighted by Crippen LogP contribution is -2.28. The molecular formula is C15H19F2NO. The maximum atomic E-state index is 13.5. The number of amides is 1. The van der Waals surface area contributed by atoms with Crippen LogP contribution < -0.4 is 0 Å². The Bertz CT molecular complexity index is 455. The number of carbonyl (C=O) groups is 1. The first kappa shape index (κ1) is 14.0. The van der Waals surface area contributed by atoms with Crippen LogP contribution in [0.25, 0.3) is 0 Å². The van der Waals surface area contributed by atoms with Gasteiger partial charge >= 0.3 is 0 Å². The predicted octanol–water partition coefficient (Wildman–Crippen LogP) is 3.50. The smallest absolute Gasteiger partial charge is 0.222 e. The van der Waals surface area contributed by atoms with E-state index in [0.29, 0.717) is 17.9 Å². The summed E-state index contributed by atoms with van der Waals surface area (Å²) < 4.78 is 26.3. The van der Waals surface area contributed by atoms with Crippen LogP contribution in [-0.4, -0.2) is 17.9 Å².